The molecule has 3 heterocycles. The summed E-state index contributed by atoms with van der Waals surface area (Å²) in [6.45, 7) is 2.92. The van der Waals surface area contributed by atoms with E-state index >= 15 is 0 Å². The SMILES string of the molecule is Cn1c(=O)c(C(=O)CSc2nnc(N3CCOCC3)n2C2CC2)c(N)n(Cc2ccccc2)c1=O. The number of benzene rings is 1. The van der Waals surface area contributed by atoms with E-state index in [1.807, 2.05) is 30.3 Å². The lowest BCUT2D eigenvalue weighted by Gasteiger charge is -2.27. The van der Waals surface area contributed by atoms with Gasteiger partial charge in [-0.3, -0.25) is 23.3 Å². The zero-order chi connectivity index (χ0) is 24.5. The average Bonchev–Trinajstić information content (AvgIpc) is 3.63. The zero-order valence-corrected chi connectivity index (χ0v) is 20.2. The van der Waals surface area contributed by atoms with Crippen LogP contribution in [-0.2, 0) is 18.3 Å². The van der Waals surface area contributed by atoms with Crippen molar-refractivity contribution in [1.29, 1.82) is 0 Å². The average molecular weight is 498 g/mol. The number of ketones is 1. The third-order valence-corrected chi connectivity index (χ3v) is 7.17. The molecule has 2 N–H and O–H groups in total. The zero-order valence-electron chi connectivity index (χ0n) is 19.4. The number of nitrogens with two attached hydrogens (primary N) is 1. The first-order chi connectivity index (χ1) is 17.0. The first-order valence-electron chi connectivity index (χ1n) is 11.5. The Morgan fingerprint density at radius 3 is 2.54 bits per heavy atom. The predicted octanol–water partition coefficient (Wildman–Crippen LogP) is 0.916. The van der Waals surface area contributed by atoms with Crippen molar-refractivity contribution in [3.05, 3.63) is 62.3 Å². The van der Waals surface area contributed by atoms with Crippen molar-refractivity contribution in [1.82, 2.24) is 23.9 Å². The molecule has 0 unspecified atom stereocenters. The van der Waals surface area contributed by atoms with E-state index in [0.717, 1.165) is 42.0 Å². The van der Waals surface area contributed by atoms with Crippen LogP contribution < -0.4 is 21.9 Å². The summed E-state index contributed by atoms with van der Waals surface area (Å²) in [6, 6.07) is 9.58. The number of aromatic nitrogens is 5. The Kier molecular flexibility index (Phi) is 6.48. The first kappa shape index (κ1) is 23.4. The largest absolute Gasteiger partial charge is 0.384 e. The second-order valence-electron chi connectivity index (χ2n) is 8.67. The molecule has 0 amide bonds. The molecule has 3 aromatic rings. The van der Waals surface area contributed by atoms with E-state index in [4.69, 9.17) is 10.5 Å². The first-order valence-corrected chi connectivity index (χ1v) is 12.5. The topological polar surface area (TPSA) is 130 Å². The molecule has 0 spiro atoms. The molecule has 1 aliphatic heterocycles. The minimum Gasteiger partial charge on any atom is -0.384 e. The van der Waals surface area contributed by atoms with Gasteiger partial charge in [0.25, 0.3) is 5.56 Å². The second-order valence-corrected chi connectivity index (χ2v) is 9.62. The van der Waals surface area contributed by atoms with E-state index in [2.05, 4.69) is 19.7 Å². The standard InChI is InChI=1S/C23H27N7O4S/c1-27-20(32)18(19(24)29(23(27)33)13-15-5-3-2-4-6-15)17(31)14-35-22-26-25-21(30(22)16-7-8-16)28-9-11-34-12-10-28/h2-6,16H,7-14,24H2,1H3. The number of hydrogen-bond donors (Lipinski definition) is 1. The fraction of sp³-hybridized carbons (Fsp3) is 0.435. The van der Waals surface area contributed by atoms with Gasteiger partial charge in [0.15, 0.2) is 10.9 Å². The van der Waals surface area contributed by atoms with Gasteiger partial charge in [-0.1, -0.05) is 42.1 Å². The van der Waals surface area contributed by atoms with Crippen LogP contribution in [0.5, 0.6) is 0 Å². The summed E-state index contributed by atoms with van der Waals surface area (Å²) in [5.74, 6) is 0.174. The number of hydrogen-bond acceptors (Lipinski definition) is 9. The quantitative estimate of drug-likeness (QED) is 0.356. The smallest absolute Gasteiger partial charge is 0.332 e. The molecule has 12 heteroatoms. The van der Waals surface area contributed by atoms with Crippen molar-refractivity contribution < 1.29 is 9.53 Å². The molecule has 2 fully saturated rings. The maximum atomic E-state index is 13.2. The molecule has 184 valence electrons. The van der Waals surface area contributed by atoms with Gasteiger partial charge in [0, 0.05) is 26.2 Å². The highest BCUT2D eigenvalue weighted by Crippen LogP contribution is 2.41. The van der Waals surface area contributed by atoms with E-state index in [9.17, 15) is 14.4 Å². The van der Waals surface area contributed by atoms with Crippen molar-refractivity contribution in [2.75, 3.05) is 42.7 Å². The molecule has 0 bridgehead atoms. The lowest BCUT2D eigenvalue weighted by molar-refractivity contribution is 0.102. The van der Waals surface area contributed by atoms with Crippen LogP contribution in [0.2, 0.25) is 0 Å². The number of morpholine rings is 1. The van der Waals surface area contributed by atoms with Crippen LogP contribution >= 0.6 is 11.8 Å². The number of thioether (sulfide) groups is 1. The van der Waals surface area contributed by atoms with Gasteiger partial charge in [0.1, 0.15) is 11.4 Å². The maximum Gasteiger partial charge on any atom is 0.332 e. The molecular formula is C23H27N7O4S. The van der Waals surface area contributed by atoms with Gasteiger partial charge < -0.3 is 15.4 Å². The molecule has 1 saturated carbocycles. The lowest BCUT2D eigenvalue weighted by Crippen LogP contribution is -2.43. The molecule has 5 rings (SSSR count). The summed E-state index contributed by atoms with van der Waals surface area (Å²) in [4.78, 5) is 41.0. The fourth-order valence-corrected chi connectivity index (χ4v) is 5.04. The number of ether oxygens (including phenoxy) is 1. The molecule has 1 aromatic carbocycles. The Bertz CT molecular complexity index is 1350. The summed E-state index contributed by atoms with van der Waals surface area (Å²) in [5.41, 5.74) is 5.62. The van der Waals surface area contributed by atoms with Gasteiger partial charge in [-0.2, -0.15) is 0 Å². The minimum atomic E-state index is -0.694. The molecule has 2 aromatic heterocycles. The number of nitrogens with zero attached hydrogens (tertiary/aromatic N) is 6. The highest BCUT2D eigenvalue weighted by atomic mass is 32.2. The van der Waals surface area contributed by atoms with E-state index in [0.29, 0.717) is 24.4 Å². The van der Waals surface area contributed by atoms with Gasteiger partial charge >= 0.3 is 5.69 Å². The monoisotopic (exact) mass is 497 g/mol. The third kappa shape index (κ3) is 4.63. The number of carbonyl (C=O) groups excluding carboxylic acids is 1. The van der Waals surface area contributed by atoms with Crippen LogP contribution in [0.15, 0.2) is 45.1 Å². The summed E-state index contributed by atoms with van der Waals surface area (Å²) in [6.07, 6.45) is 2.07. The van der Waals surface area contributed by atoms with Gasteiger partial charge in [0.05, 0.1) is 25.5 Å². The predicted molar refractivity (Wildman–Crippen MR) is 132 cm³/mol. The van der Waals surface area contributed by atoms with Gasteiger partial charge in [-0.15, -0.1) is 10.2 Å². The summed E-state index contributed by atoms with van der Waals surface area (Å²) in [5, 5.41) is 9.36. The lowest BCUT2D eigenvalue weighted by atomic mass is 10.2. The van der Waals surface area contributed by atoms with Crippen molar-refractivity contribution in [2.24, 2.45) is 7.05 Å². The Morgan fingerprint density at radius 2 is 1.86 bits per heavy atom. The van der Waals surface area contributed by atoms with Crippen molar-refractivity contribution in [3.63, 3.8) is 0 Å². The van der Waals surface area contributed by atoms with E-state index in [-0.39, 0.29) is 23.7 Å². The van der Waals surface area contributed by atoms with Crippen LogP contribution in [0.25, 0.3) is 0 Å². The third-order valence-electron chi connectivity index (χ3n) is 6.23. The number of anilines is 2. The molecule has 2 aliphatic rings. The molecule has 1 aliphatic carbocycles. The van der Waals surface area contributed by atoms with E-state index in [1.54, 1.807) is 0 Å². The Labute approximate surface area is 205 Å². The molecule has 0 radical (unpaired) electrons. The maximum absolute atomic E-state index is 13.2. The number of nitrogen functional groups attached to an aromatic ring is 1. The van der Waals surface area contributed by atoms with Crippen LogP contribution in [0.4, 0.5) is 11.8 Å². The normalized spacial score (nSPS) is 16.0. The number of carbonyl (C=O) groups is 1. The van der Waals surface area contributed by atoms with Crippen LogP contribution in [-0.4, -0.2) is 61.7 Å². The highest BCUT2D eigenvalue weighted by Gasteiger charge is 2.32. The molecular weight excluding hydrogens is 470 g/mol. The number of rotatable bonds is 8. The van der Waals surface area contributed by atoms with Crippen LogP contribution in [0, 0.1) is 0 Å². The van der Waals surface area contributed by atoms with Crippen molar-refractivity contribution >= 4 is 29.3 Å². The van der Waals surface area contributed by atoms with Crippen molar-refractivity contribution in [3.8, 4) is 0 Å². The van der Waals surface area contributed by atoms with E-state index < -0.39 is 17.0 Å². The van der Waals surface area contributed by atoms with Gasteiger partial charge in [-0.25, -0.2) is 4.79 Å². The van der Waals surface area contributed by atoms with E-state index in [1.165, 1.54) is 23.4 Å². The van der Waals surface area contributed by atoms with Gasteiger partial charge in [0.2, 0.25) is 5.95 Å². The fourth-order valence-electron chi connectivity index (χ4n) is 4.17. The number of Topliss-reactive ketones (excluding diaryl/α,β-unsaturated/α-hetero) is 1. The Morgan fingerprint density at radius 1 is 1.14 bits per heavy atom. The summed E-state index contributed by atoms with van der Waals surface area (Å²) < 4.78 is 9.72. The molecule has 1 saturated heterocycles. The Balaban J connectivity index is 1.40. The summed E-state index contributed by atoms with van der Waals surface area (Å²) >= 11 is 1.23. The van der Waals surface area contributed by atoms with Crippen LogP contribution in [0.3, 0.4) is 0 Å². The minimum absolute atomic E-state index is 0.0447. The summed E-state index contributed by atoms with van der Waals surface area (Å²) in [7, 11) is 1.36. The Hall–Kier alpha value is -3.38. The molecule has 11 nitrogen and oxygen atoms in total. The van der Waals surface area contributed by atoms with Crippen LogP contribution in [0.1, 0.15) is 34.8 Å². The van der Waals surface area contributed by atoms with Crippen molar-refractivity contribution in [2.45, 2.75) is 30.6 Å². The second kappa shape index (κ2) is 9.70. The highest BCUT2D eigenvalue weighted by molar-refractivity contribution is 7.99. The molecule has 0 atom stereocenters. The molecule has 35 heavy (non-hydrogen) atoms. The van der Waals surface area contributed by atoms with Gasteiger partial charge in [-0.05, 0) is 18.4 Å².